The molecule has 1 aromatic heterocycles. The van der Waals surface area contributed by atoms with Crippen molar-refractivity contribution in [1.82, 2.24) is 14.9 Å². The molecule has 0 bridgehead atoms. The van der Waals surface area contributed by atoms with E-state index in [-0.39, 0.29) is 12.4 Å². The van der Waals surface area contributed by atoms with E-state index >= 15 is 0 Å². The second-order valence-electron chi connectivity index (χ2n) is 5.22. The lowest BCUT2D eigenvalue weighted by Gasteiger charge is -2.31. The number of aromatic nitrogens is 2. The lowest BCUT2D eigenvalue weighted by atomic mass is 10.0. The normalized spacial score (nSPS) is 20.7. The predicted octanol–water partition coefficient (Wildman–Crippen LogP) is 2.04. The first kappa shape index (κ1) is 15.5. The van der Waals surface area contributed by atoms with Gasteiger partial charge in [0.25, 0.3) is 0 Å². The van der Waals surface area contributed by atoms with Crippen molar-refractivity contribution in [2.45, 2.75) is 32.5 Å². The third-order valence-corrected chi connectivity index (χ3v) is 3.36. The molecule has 1 aromatic rings. The Kier molecular flexibility index (Phi) is 4.64. The predicted molar refractivity (Wildman–Crippen MR) is 72.3 cm³/mol. The van der Waals surface area contributed by atoms with E-state index in [1.54, 1.807) is 0 Å². The minimum atomic E-state index is -4.48. The number of hydrogen-bond donors (Lipinski definition) is 1. The molecule has 2 N–H and O–H groups in total. The monoisotopic (exact) mass is 301 g/mol. The van der Waals surface area contributed by atoms with Gasteiger partial charge in [-0.05, 0) is 24.8 Å². The van der Waals surface area contributed by atoms with Crippen LogP contribution in [0.15, 0.2) is 17.3 Å². The fourth-order valence-electron chi connectivity index (χ4n) is 2.28. The smallest absolute Gasteiger partial charge is 0.370 e. The summed E-state index contributed by atoms with van der Waals surface area (Å²) in [5.74, 6) is 0.887. The van der Waals surface area contributed by atoms with Crippen molar-refractivity contribution in [2.24, 2.45) is 16.6 Å². The minimum absolute atomic E-state index is 0.0119. The summed E-state index contributed by atoms with van der Waals surface area (Å²) in [6.07, 6.45) is -1.20. The summed E-state index contributed by atoms with van der Waals surface area (Å²) >= 11 is 0. The number of aliphatic imine (C=N–C) groups is 1. The summed E-state index contributed by atoms with van der Waals surface area (Å²) in [6.45, 7) is 3.72. The van der Waals surface area contributed by atoms with Gasteiger partial charge >= 0.3 is 6.18 Å². The molecular formula is C13H18F3N5. The molecule has 0 aromatic carbocycles. The van der Waals surface area contributed by atoms with Crippen molar-refractivity contribution in [1.29, 1.82) is 0 Å². The van der Waals surface area contributed by atoms with Crippen LogP contribution in [0.3, 0.4) is 0 Å². The van der Waals surface area contributed by atoms with Gasteiger partial charge in [-0.1, -0.05) is 6.92 Å². The van der Waals surface area contributed by atoms with Crippen molar-refractivity contribution >= 4 is 5.96 Å². The Morgan fingerprint density at radius 2 is 2.29 bits per heavy atom. The molecular weight excluding hydrogens is 283 g/mol. The van der Waals surface area contributed by atoms with Crippen LogP contribution < -0.4 is 5.73 Å². The molecule has 0 spiro atoms. The maximum Gasteiger partial charge on any atom is 0.433 e. The SMILES string of the molecule is CC1CCCN(C(N)=NCc2nccc(C(F)(F)F)n2)C1. The summed E-state index contributed by atoms with van der Waals surface area (Å²) < 4.78 is 37.6. The third kappa shape index (κ3) is 4.30. The highest BCUT2D eigenvalue weighted by atomic mass is 19.4. The Labute approximate surface area is 121 Å². The van der Waals surface area contributed by atoms with Crippen molar-refractivity contribution in [3.63, 3.8) is 0 Å². The summed E-state index contributed by atoms with van der Waals surface area (Å²) in [4.78, 5) is 13.3. The molecule has 0 aliphatic carbocycles. The van der Waals surface area contributed by atoms with Gasteiger partial charge in [-0.25, -0.2) is 15.0 Å². The Balaban J connectivity index is 2.03. The number of rotatable bonds is 2. The van der Waals surface area contributed by atoms with Gasteiger partial charge < -0.3 is 10.6 Å². The van der Waals surface area contributed by atoms with E-state index in [4.69, 9.17) is 5.73 Å². The number of likely N-dealkylation sites (tertiary alicyclic amines) is 1. The van der Waals surface area contributed by atoms with Gasteiger partial charge in [0.05, 0.1) is 0 Å². The molecule has 8 heteroatoms. The van der Waals surface area contributed by atoms with Gasteiger partial charge in [0.1, 0.15) is 18.1 Å². The molecule has 0 saturated carbocycles. The van der Waals surface area contributed by atoms with Crippen LogP contribution in [-0.2, 0) is 12.7 Å². The van der Waals surface area contributed by atoms with Crippen LogP contribution in [0, 0.1) is 5.92 Å². The van der Waals surface area contributed by atoms with E-state index in [1.165, 1.54) is 0 Å². The number of guanidine groups is 1. The molecule has 0 radical (unpaired) electrons. The van der Waals surface area contributed by atoms with Gasteiger partial charge in [0.15, 0.2) is 5.96 Å². The van der Waals surface area contributed by atoms with E-state index in [2.05, 4.69) is 21.9 Å². The number of halogens is 3. The van der Waals surface area contributed by atoms with Crippen LogP contribution in [-0.4, -0.2) is 33.9 Å². The topological polar surface area (TPSA) is 67.4 Å². The lowest BCUT2D eigenvalue weighted by Crippen LogP contribution is -2.43. The van der Waals surface area contributed by atoms with Gasteiger partial charge in [0.2, 0.25) is 0 Å². The molecule has 1 aliphatic rings. The summed E-state index contributed by atoms with van der Waals surface area (Å²) in [7, 11) is 0. The molecule has 1 saturated heterocycles. The molecule has 21 heavy (non-hydrogen) atoms. The molecule has 5 nitrogen and oxygen atoms in total. The zero-order valence-corrected chi connectivity index (χ0v) is 11.8. The Morgan fingerprint density at radius 1 is 1.52 bits per heavy atom. The van der Waals surface area contributed by atoms with Gasteiger partial charge in [-0.3, -0.25) is 0 Å². The van der Waals surface area contributed by atoms with Crippen molar-refractivity contribution in [3.05, 3.63) is 23.8 Å². The van der Waals surface area contributed by atoms with E-state index < -0.39 is 11.9 Å². The van der Waals surface area contributed by atoms with Crippen LogP contribution in [0.5, 0.6) is 0 Å². The van der Waals surface area contributed by atoms with Crippen LogP contribution >= 0.6 is 0 Å². The molecule has 1 unspecified atom stereocenters. The zero-order valence-electron chi connectivity index (χ0n) is 11.8. The number of nitrogens with two attached hydrogens (primary N) is 1. The molecule has 0 amide bonds. The maximum absolute atomic E-state index is 12.5. The Hall–Kier alpha value is -1.86. The molecule has 2 rings (SSSR count). The average molecular weight is 301 g/mol. The highest BCUT2D eigenvalue weighted by Crippen LogP contribution is 2.27. The van der Waals surface area contributed by atoms with E-state index in [9.17, 15) is 13.2 Å². The van der Waals surface area contributed by atoms with E-state index in [1.807, 2.05) is 4.90 Å². The van der Waals surface area contributed by atoms with Crippen LogP contribution in [0.4, 0.5) is 13.2 Å². The molecule has 1 aliphatic heterocycles. The number of nitrogens with zero attached hydrogens (tertiary/aromatic N) is 4. The van der Waals surface area contributed by atoms with Crippen LogP contribution in [0.1, 0.15) is 31.3 Å². The standard InChI is InChI=1S/C13H18F3N5/c1-9-3-2-6-21(8-9)12(17)19-7-11-18-5-4-10(20-11)13(14,15)16/h4-5,9H,2-3,6-8H2,1H3,(H2,17,19). The first-order valence-corrected chi connectivity index (χ1v) is 6.80. The highest BCUT2D eigenvalue weighted by Gasteiger charge is 2.32. The van der Waals surface area contributed by atoms with Gasteiger partial charge in [-0.2, -0.15) is 13.2 Å². The van der Waals surface area contributed by atoms with Crippen molar-refractivity contribution < 1.29 is 13.2 Å². The van der Waals surface area contributed by atoms with E-state index in [0.717, 1.165) is 38.2 Å². The van der Waals surface area contributed by atoms with Crippen LogP contribution in [0.25, 0.3) is 0 Å². The fraction of sp³-hybridized carbons (Fsp3) is 0.615. The minimum Gasteiger partial charge on any atom is -0.370 e. The van der Waals surface area contributed by atoms with Crippen LogP contribution in [0.2, 0.25) is 0 Å². The first-order chi connectivity index (χ1) is 9.86. The largest absolute Gasteiger partial charge is 0.433 e. The van der Waals surface area contributed by atoms with Crippen molar-refractivity contribution in [2.75, 3.05) is 13.1 Å². The molecule has 1 fully saturated rings. The lowest BCUT2D eigenvalue weighted by molar-refractivity contribution is -0.141. The van der Waals surface area contributed by atoms with Gasteiger partial charge in [0, 0.05) is 19.3 Å². The zero-order chi connectivity index (χ0) is 15.5. The number of piperidine rings is 1. The van der Waals surface area contributed by atoms with Crippen molar-refractivity contribution in [3.8, 4) is 0 Å². The first-order valence-electron chi connectivity index (χ1n) is 6.80. The molecule has 1 atom stereocenters. The summed E-state index contributed by atoms with van der Waals surface area (Å²) in [5, 5.41) is 0. The summed E-state index contributed by atoms with van der Waals surface area (Å²) in [6, 6.07) is 0.836. The Bertz CT molecular complexity index is 515. The Morgan fingerprint density at radius 3 is 2.95 bits per heavy atom. The maximum atomic E-state index is 12.5. The van der Waals surface area contributed by atoms with E-state index in [0.29, 0.717) is 11.9 Å². The van der Waals surface area contributed by atoms with Gasteiger partial charge in [-0.15, -0.1) is 0 Å². The highest BCUT2D eigenvalue weighted by molar-refractivity contribution is 5.78. The number of hydrogen-bond acceptors (Lipinski definition) is 3. The second kappa shape index (κ2) is 6.28. The fourth-order valence-corrected chi connectivity index (χ4v) is 2.28. The second-order valence-corrected chi connectivity index (χ2v) is 5.22. The average Bonchev–Trinajstić information content (AvgIpc) is 2.44. The number of alkyl halides is 3. The quantitative estimate of drug-likeness (QED) is 0.670. The molecule has 116 valence electrons. The summed E-state index contributed by atoms with van der Waals surface area (Å²) in [5.41, 5.74) is 4.92. The molecule has 2 heterocycles. The third-order valence-electron chi connectivity index (χ3n) is 3.36.